The zero-order valence-corrected chi connectivity index (χ0v) is 12.5. The number of carbonyl (C=O) groups excluding carboxylic acids is 1. The Morgan fingerprint density at radius 2 is 1.90 bits per heavy atom. The minimum Gasteiger partial charge on any atom is -0.497 e. The number of nitrogens with one attached hydrogen (secondary N) is 1. The summed E-state index contributed by atoms with van der Waals surface area (Å²) >= 11 is 0. The molecule has 2 heterocycles. The van der Waals surface area contributed by atoms with Gasteiger partial charge in [0.05, 0.1) is 7.11 Å². The zero-order chi connectivity index (χ0) is 14.7. The molecule has 1 aromatic rings. The van der Waals surface area contributed by atoms with Gasteiger partial charge in [0.1, 0.15) is 5.75 Å². The summed E-state index contributed by atoms with van der Waals surface area (Å²) in [5.74, 6) is 0.900. The molecule has 0 aromatic heterocycles. The van der Waals surface area contributed by atoms with Crippen molar-refractivity contribution >= 4 is 6.03 Å². The number of carbonyl (C=O) groups is 1. The van der Waals surface area contributed by atoms with Crippen molar-refractivity contribution in [1.29, 1.82) is 0 Å². The Hall–Kier alpha value is -1.75. The van der Waals surface area contributed by atoms with Crippen LogP contribution in [0.3, 0.4) is 0 Å². The fourth-order valence-corrected chi connectivity index (χ4v) is 3.21. The Balaban J connectivity index is 1.50. The minimum atomic E-state index is 0.114. The van der Waals surface area contributed by atoms with Crippen LogP contribution in [-0.4, -0.2) is 55.2 Å². The number of hydrogen-bond donors (Lipinski definition) is 1. The zero-order valence-electron chi connectivity index (χ0n) is 12.5. The second kappa shape index (κ2) is 6.35. The van der Waals surface area contributed by atoms with Gasteiger partial charge in [-0.1, -0.05) is 12.1 Å². The van der Waals surface area contributed by atoms with Crippen molar-refractivity contribution in [3.63, 3.8) is 0 Å². The van der Waals surface area contributed by atoms with E-state index in [-0.39, 0.29) is 6.03 Å². The van der Waals surface area contributed by atoms with Gasteiger partial charge in [-0.3, -0.25) is 4.90 Å². The number of rotatable bonds is 4. The maximum Gasteiger partial charge on any atom is 0.317 e. The molecule has 0 unspecified atom stereocenters. The molecule has 2 saturated heterocycles. The van der Waals surface area contributed by atoms with Crippen molar-refractivity contribution in [3.05, 3.63) is 29.8 Å². The van der Waals surface area contributed by atoms with E-state index in [4.69, 9.17) is 4.74 Å². The number of benzene rings is 1. The number of ether oxygens (including phenoxy) is 1. The van der Waals surface area contributed by atoms with E-state index >= 15 is 0 Å². The number of nitrogens with zero attached hydrogens (tertiary/aromatic N) is 2. The van der Waals surface area contributed by atoms with E-state index in [1.54, 1.807) is 7.11 Å². The van der Waals surface area contributed by atoms with Gasteiger partial charge in [-0.15, -0.1) is 0 Å². The fraction of sp³-hybridized carbons (Fsp3) is 0.562. The first-order valence-corrected chi connectivity index (χ1v) is 7.66. The smallest absolute Gasteiger partial charge is 0.317 e. The lowest BCUT2D eigenvalue weighted by molar-refractivity contribution is 0.132. The highest BCUT2D eigenvalue weighted by Gasteiger charge is 2.30. The Morgan fingerprint density at radius 1 is 1.19 bits per heavy atom. The molecule has 0 saturated carbocycles. The van der Waals surface area contributed by atoms with Crippen molar-refractivity contribution in [2.45, 2.75) is 25.4 Å². The maximum absolute atomic E-state index is 11.7. The number of methoxy groups -OCH3 is 1. The van der Waals surface area contributed by atoms with E-state index in [9.17, 15) is 4.79 Å². The molecule has 1 aromatic carbocycles. The van der Waals surface area contributed by atoms with Crippen molar-refractivity contribution in [1.82, 2.24) is 15.1 Å². The first-order valence-electron chi connectivity index (χ1n) is 7.66. The van der Waals surface area contributed by atoms with Crippen LogP contribution in [0.15, 0.2) is 24.3 Å². The van der Waals surface area contributed by atoms with E-state index in [1.807, 2.05) is 17.0 Å². The van der Waals surface area contributed by atoms with E-state index in [1.165, 1.54) is 5.56 Å². The van der Waals surface area contributed by atoms with Crippen molar-refractivity contribution < 1.29 is 9.53 Å². The molecule has 0 spiro atoms. The van der Waals surface area contributed by atoms with Crippen molar-refractivity contribution in [3.8, 4) is 5.75 Å². The van der Waals surface area contributed by atoms with Crippen LogP contribution in [0.1, 0.15) is 18.4 Å². The summed E-state index contributed by atoms with van der Waals surface area (Å²) in [7, 11) is 1.69. The van der Waals surface area contributed by atoms with Gasteiger partial charge in [0.25, 0.3) is 0 Å². The number of hydrogen-bond acceptors (Lipinski definition) is 3. The first-order chi connectivity index (χ1) is 10.3. The van der Waals surface area contributed by atoms with E-state index in [0.29, 0.717) is 6.04 Å². The Labute approximate surface area is 125 Å². The molecule has 5 nitrogen and oxygen atoms in total. The summed E-state index contributed by atoms with van der Waals surface area (Å²) in [6, 6.07) is 8.80. The lowest BCUT2D eigenvalue weighted by Crippen LogP contribution is -2.45. The summed E-state index contributed by atoms with van der Waals surface area (Å²) in [6.07, 6.45) is 2.15. The molecule has 1 N–H and O–H groups in total. The standard InChI is InChI=1S/C16H23N3O2/c1-21-15-4-2-13(3-5-15)12-18-9-6-14(7-10-18)19-11-8-17-16(19)20/h2-5,14H,6-12H2,1H3,(H,17,20). The van der Waals surface area contributed by atoms with Gasteiger partial charge >= 0.3 is 6.03 Å². The Kier molecular flexibility index (Phi) is 4.29. The van der Waals surface area contributed by atoms with Crippen LogP contribution in [0.5, 0.6) is 5.75 Å². The molecule has 2 amide bonds. The molecule has 2 aliphatic heterocycles. The largest absolute Gasteiger partial charge is 0.497 e. The summed E-state index contributed by atoms with van der Waals surface area (Å²) in [4.78, 5) is 16.2. The van der Waals surface area contributed by atoms with Gasteiger partial charge in [0, 0.05) is 38.8 Å². The van der Waals surface area contributed by atoms with Crippen LogP contribution in [0.25, 0.3) is 0 Å². The molecule has 2 fully saturated rings. The SMILES string of the molecule is COc1ccc(CN2CCC(N3CCNC3=O)CC2)cc1. The molecule has 2 aliphatic rings. The van der Waals surface area contributed by atoms with E-state index in [2.05, 4.69) is 22.3 Å². The second-order valence-electron chi connectivity index (χ2n) is 5.78. The Morgan fingerprint density at radius 3 is 2.48 bits per heavy atom. The van der Waals surface area contributed by atoms with Gasteiger partial charge in [-0.2, -0.15) is 0 Å². The van der Waals surface area contributed by atoms with Gasteiger partial charge < -0.3 is 15.0 Å². The van der Waals surface area contributed by atoms with Crippen LogP contribution in [-0.2, 0) is 6.54 Å². The predicted octanol–water partition coefficient (Wildman–Crippen LogP) is 1.68. The van der Waals surface area contributed by atoms with E-state index in [0.717, 1.165) is 51.3 Å². The molecule has 114 valence electrons. The normalized spacial score (nSPS) is 20.6. The van der Waals surface area contributed by atoms with Crippen LogP contribution in [0.2, 0.25) is 0 Å². The molecule has 21 heavy (non-hydrogen) atoms. The van der Waals surface area contributed by atoms with E-state index < -0.39 is 0 Å². The summed E-state index contributed by atoms with van der Waals surface area (Å²) in [6.45, 7) is 4.75. The highest BCUT2D eigenvalue weighted by Crippen LogP contribution is 2.20. The third kappa shape index (κ3) is 3.29. The highest BCUT2D eigenvalue weighted by atomic mass is 16.5. The molecule has 0 radical (unpaired) electrons. The molecular weight excluding hydrogens is 266 g/mol. The molecule has 3 rings (SSSR count). The molecule has 0 aliphatic carbocycles. The number of piperidine rings is 1. The third-order valence-electron chi connectivity index (χ3n) is 4.45. The minimum absolute atomic E-state index is 0.114. The number of likely N-dealkylation sites (tertiary alicyclic amines) is 1. The van der Waals surface area contributed by atoms with Crippen LogP contribution < -0.4 is 10.1 Å². The first kappa shape index (κ1) is 14.2. The highest BCUT2D eigenvalue weighted by molar-refractivity contribution is 5.76. The maximum atomic E-state index is 11.7. The topological polar surface area (TPSA) is 44.8 Å². The molecular formula is C16H23N3O2. The fourth-order valence-electron chi connectivity index (χ4n) is 3.21. The van der Waals surface area contributed by atoms with Crippen LogP contribution in [0.4, 0.5) is 4.79 Å². The Bertz CT molecular complexity index is 481. The predicted molar refractivity (Wildman–Crippen MR) is 81.4 cm³/mol. The van der Waals surface area contributed by atoms with Crippen molar-refractivity contribution in [2.24, 2.45) is 0 Å². The summed E-state index contributed by atoms with van der Waals surface area (Å²) < 4.78 is 5.18. The average molecular weight is 289 g/mol. The summed E-state index contributed by atoms with van der Waals surface area (Å²) in [5, 5.41) is 2.89. The lowest BCUT2D eigenvalue weighted by Gasteiger charge is -2.36. The van der Waals surface area contributed by atoms with Gasteiger partial charge in [0.15, 0.2) is 0 Å². The lowest BCUT2D eigenvalue weighted by atomic mass is 10.0. The molecule has 5 heteroatoms. The molecule has 0 bridgehead atoms. The summed E-state index contributed by atoms with van der Waals surface area (Å²) in [5.41, 5.74) is 1.31. The number of urea groups is 1. The average Bonchev–Trinajstić information content (AvgIpc) is 2.95. The third-order valence-corrected chi connectivity index (χ3v) is 4.45. The van der Waals surface area contributed by atoms with Crippen LogP contribution in [0, 0.1) is 0 Å². The van der Waals surface area contributed by atoms with Crippen LogP contribution >= 0.6 is 0 Å². The quantitative estimate of drug-likeness (QED) is 0.917. The van der Waals surface area contributed by atoms with Gasteiger partial charge in [-0.25, -0.2) is 4.79 Å². The van der Waals surface area contributed by atoms with Gasteiger partial charge in [0.2, 0.25) is 0 Å². The second-order valence-corrected chi connectivity index (χ2v) is 5.78. The van der Waals surface area contributed by atoms with Gasteiger partial charge in [-0.05, 0) is 30.5 Å². The monoisotopic (exact) mass is 289 g/mol. The molecule has 0 atom stereocenters. The van der Waals surface area contributed by atoms with Crippen molar-refractivity contribution in [2.75, 3.05) is 33.3 Å². The number of amides is 2.